The van der Waals surface area contributed by atoms with Crippen molar-refractivity contribution in [3.63, 3.8) is 0 Å². The monoisotopic (exact) mass is 484 g/mol. The van der Waals surface area contributed by atoms with Crippen LogP contribution in [0.1, 0.15) is 26.3 Å². The van der Waals surface area contributed by atoms with E-state index < -0.39 is 16.1 Å². The normalized spacial score (nSPS) is 18.4. The summed E-state index contributed by atoms with van der Waals surface area (Å²) >= 11 is 0. The first-order valence-corrected chi connectivity index (χ1v) is 13.2. The Balaban J connectivity index is 1.53. The second kappa shape index (κ2) is 9.76. The van der Waals surface area contributed by atoms with Gasteiger partial charge in [0.2, 0.25) is 21.8 Å². The fraction of sp³-hybridized carbons (Fsp3) is 0.440. The summed E-state index contributed by atoms with van der Waals surface area (Å²) in [4.78, 5) is 31.8. The maximum atomic E-state index is 13.5. The Morgan fingerprint density at radius 1 is 0.971 bits per heavy atom. The molecule has 9 heteroatoms. The molecule has 0 radical (unpaired) electrons. The van der Waals surface area contributed by atoms with Gasteiger partial charge in [0.05, 0.1) is 4.90 Å². The van der Waals surface area contributed by atoms with E-state index in [1.165, 1.54) is 22.2 Å². The summed E-state index contributed by atoms with van der Waals surface area (Å²) in [7, 11) is -3.62. The second-order valence-electron chi connectivity index (χ2n) is 8.64. The van der Waals surface area contributed by atoms with E-state index in [9.17, 15) is 18.0 Å². The molecule has 1 atom stereocenters. The maximum Gasteiger partial charge on any atom is 0.246 e. The van der Waals surface area contributed by atoms with Gasteiger partial charge in [-0.2, -0.15) is 4.31 Å². The Hall–Kier alpha value is -2.91. The zero-order chi connectivity index (χ0) is 24.5. The Bertz CT molecular complexity index is 1160. The van der Waals surface area contributed by atoms with Crippen LogP contribution in [0.25, 0.3) is 0 Å². The molecule has 0 saturated carbocycles. The summed E-state index contributed by atoms with van der Waals surface area (Å²) in [6.07, 6.45) is 0.314. The van der Waals surface area contributed by atoms with Gasteiger partial charge in [0.25, 0.3) is 0 Å². The molecule has 0 N–H and O–H groups in total. The number of amides is 2. The lowest BCUT2D eigenvalue weighted by Crippen LogP contribution is -2.55. The molecular formula is C25H32N4O4S. The number of hydrogen-bond donors (Lipinski definition) is 0. The van der Waals surface area contributed by atoms with Crippen molar-refractivity contribution in [1.82, 2.24) is 9.21 Å². The van der Waals surface area contributed by atoms with E-state index in [2.05, 4.69) is 17.0 Å². The number of carbonyl (C=O) groups is 2. The minimum atomic E-state index is -3.62. The van der Waals surface area contributed by atoms with Gasteiger partial charge in [-0.25, -0.2) is 8.42 Å². The fourth-order valence-corrected chi connectivity index (χ4v) is 6.43. The number of hydrogen-bond acceptors (Lipinski definition) is 5. The average molecular weight is 485 g/mol. The fourth-order valence-electron chi connectivity index (χ4n) is 4.92. The highest BCUT2D eigenvalue weighted by atomic mass is 32.2. The number of rotatable bonds is 6. The van der Waals surface area contributed by atoms with E-state index in [1.54, 1.807) is 26.0 Å². The molecule has 0 bridgehead atoms. The first kappa shape index (κ1) is 24.2. The zero-order valence-corrected chi connectivity index (χ0v) is 20.8. The molecular weight excluding hydrogens is 452 g/mol. The van der Waals surface area contributed by atoms with Gasteiger partial charge in [-0.1, -0.05) is 32.0 Å². The number of carbonyl (C=O) groups excluding carboxylic acids is 2. The van der Waals surface area contributed by atoms with E-state index in [1.807, 2.05) is 23.1 Å². The van der Waals surface area contributed by atoms with Gasteiger partial charge in [0.1, 0.15) is 6.04 Å². The molecule has 182 valence electrons. The summed E-state index contributed by atoms with van der Waals surface area (Å²) in [5.41, 5.74) is 2.46. The van der Waals surface area contributed by atoms with Crippen molar-refractivity contribution in [2.75, 3.05) is 49.1 Å². The minimum absolute atomic E-state index is 0.0905. The smallest absolute Gasteiger partial charge is 0.246 e. The highest BCUT2D eigenvalue weighted by Crippen LogP contribution is 2.35. The Morgan fingerprint density at radius 3 is 2.21 bits per heavy atom. The molecule has 0 aliphatic carbocycles. The summed E-state index contributed by atoms with van der Waals surface area (Å²) in [6.45, 7) is 8.42. The molecule has 1 saturated heterocycles. The van der Waals surface area contributed by atoms with Crippen LogP contribution >= 0.6 is 0 Å². The van der Waals surface area contributed by atoms with Gasteiger partial charge < -0.3 is 9.80 Å². The third-order valence-corrected chi connectivity index (χ3v) is 8.76. The lowest BCUT2D eigenvalue weighted by molar-refractivity contribution is -0.134. The Labute approximate surface area is 201 Å². The van der Waals surface area contributed by atoms with Crippen molar-refractivity contribution < 1.29 is 18.0 Å². The van der Waals surface area contributed by atoms with Gasteiger partial charge >= 0.3 is 0 Å². The summed E-state index contributed by atoms with van der Waals surface area (Å²) < 4.78 is 27.4. The topological polar surface area (TPSA) is 81.2 Å². The third-order valence-electron chi connectivity index (χ3n) is 6.72. The number of para-hydroxylation sites is 1. The van der Waals surface area contributed by atoms with Crippen LogP contribution in [-0.2, 0) is 26.0 Å². The quantitative estimate of drug-likeness (QED) is 0.629. The van der Waals surface area contributed by atoms with Gasteiger partial charge in [-0.05, 0) is 35.9 Å². The van der Waals surface area contributed by atoms with Crippen LogP contribution < -0.4 is 9.80 Å². The van der Waals surface area contributed by atoms with Gasteiger partial charge in [0, 0.05) is 64.0 Å². The summed E-state index contributed by atoms with van der Waals surface area (Å²) in [5, 5.41) is 0. The predicted molar refractivity (Wildman–Crippen MR) is 132 cm³/mol. The van der Waals surface area contributed by atoms with Crippen molar-refractivity contribution in [2.24, 2.45) is 0 Å². The van der Waals surface area contributed by atoms with E-state index in [-0.39, 0.29) is 16.7 Å². The molecule has 34 heavy (non-hydrogen) atoms. The van der Waals surface area contributed by atoms with Crippen LogP contribution in [0.4, 0.5) is 11.4 Å². The largest absolute Gasteiger partial charge is 0.368 e. The van der Waals surface area contributed by atoms with Crippen molar-refractivity contribution in [2.45, 2.75) is 38.1 Å². The molecule has 0 aromatic heterocycles. The average Bonchev–Trinajstić information content (AvgIpc) is 3.24. The lowest BCUT2D eigenvalue weighted by Gasteiger charge is -2.38. The molecule has 0 unspecified atom stereocenters. The van der Waals surface area contributed by atoms with Gasteiger partial charge in [-0.15, -0.1) is 0 Å². The molecule has 2 heterocycles. The lowest BCUT2D eigenvalue weighted by atomic mass is 10.1. The standard InChI is InChI=1S/C25H32N4O4S/c1-4-28(5-2)34(32,33)22-11-12-23-20(17-22)18-24(29(23)19(3)30)25(31)27-15-13-26(14-16-27)21-9-7-6-8-10-21/h6-12,17,24H,4-5,13-16,18H2,1-3H3/t24-/m0/s1. The zero-order valence-electron chi connectivity index (χ0n) is 20.0. The molecule has 2 amide bonds. The molecule has 2 aliphatic heterocycles. The maximum absolute atomic E-state index is 13.5. The number of sulfonamides is 1. The molecule has 2 aliphatic rings. The number of anilines is 2. The second-order valence-corrected chi connectivity index (χ2v) is 10.6. The molecule has 0 spiro atoms. The molecule has 1 fully saturated rings. The Kier molecular flexibility index (Phi) is 6.95. The molecule has 8 nitrogen and oxygen atoms in total. The van der Waals surface area contributed by atoms with Crippen LogP contribution in [0.15, 0.2) is 53.4 Å². The first-order valence-electron chi connectivity index (χ1n) is 11.8. The van der Waals surface area contributed by atoms with Crippen molar-refractivity contribution in [1.29, 1.82) is 0 Å². The molecule has 2 aromatic rings. The van der Waals surface area contributed by atoms with E-state index in [4.69, 9.17) is 0 Å². The van der Waals surface area contributed by atoms with E-state index in [0.717, 1.165) is 18.8 Å². The summed E-state index contributed by atoms with van der Waals surface area (Å²) in [6, 6.07) is 14.3. The van der Waals surface area contributed by atoms with Crippen LogP contribution in [0.2, 0.25) is 0 Å². The van der Waals surface area contributed by atoms with Crippen LogP contribution in [0.3, 0.4) is 0 Å². The van der Waals surface area contributed by atoms with Crippen LogP contribution in [0.5, 0.6) is 0 Å². The van der Waals surface area contributed by atoms with Crippen LogP contribution in [0, 0.1) is 0 Å². The highest BCUT2D eigenvalue weighted by molar-refractivity contribution is 7.89. The van der Waals surface area contributed by atoms with Crippen molar-refractivity contribution in [3.05, 3.63) is 54.1 Å². The summed E-state index contributed by atoms with van der Waals surface area (Å²) in [5.74, 6) is -0.313. The number of piperazine rings is 1. The molecule has 2 aromatic carbocycles. The van der Waals surface area contributed by atoms with Crippen molar-refractivity contribution in [3.8, 4) is 0 Å². The van der Waals surface area contributed by atoms with Gasteiger partial charge in [0.15, 0.2) is 0 Å². The Morgan fingerprint density at radius 2 is 1.62 bits per heavy atom. The SMILES string of the molecule is CCN(CC)S(=O)(=O)c1ccc2c(c1)C[C@@H](C(=O)N1CCN(c3ccccc3)CC1)N2C(C)=O. The highest BCUT2D eigenvalue weighted by Gasteiger charge is 2.40. The molecule has 4 rings (SSSR count). The van der Waals surface area contributed by atoms with E-state index in [0.29, 0.717) is 43.9 Å². The van der Waals surface area contributed by atoms with Crippen molar-refractivity contribution >= 4 is 33.2 Å². The number of benzene rings is 2. The van der Waals surface area contributed by atoms with Crippen LogP contribution in [-0.4, -0.2) is 74.7 Å². The third kappa shape index (κ3) is 4.42. The van der Waals surface area contributed by atoms with E-state index >= 15 is 0 Å². The minimum Gasteiger partial charge on any atom is -0.368 e. The first-order chi connectivity index (χ1) is 16.3. The predicted octanol–water partition coefficient (Wildman–Crippen LogP) is 2.34. The number of nitrogens with zero attached hydrogens (tertiary/aromatic N) is 4. The number of fused-ring (bicyclic) bond motifs is 1. The van der Waals surface area contributed by atoms with Gasteiger partial charge in [-0.3, -0.25) is 14.5 Å².